The molecule has 0 saturated carbocycles. The van der Waals surface area contributed by atoms with Crippen LogP contribution in [0.25, 0.3) is 16.3 Å². The summed E-state index contributed by atoms with van der Waals surface area (Å²) in [6.45, 7) is 3.90. The van der Waals surface area contributed by atoms with Gasteiger partial charge in [0.1, 0.15) is 10.6 Å². The first-order chi connectivity index (χ1) is 9.29. The average Bonchev–Trinajstić information content (AvgIpc) is 2.80. The highest BCUT2D eigenvalue weighted by Crippen LogP contribution is 2.37. The van der Waals surface area contributed by atoms with Crippen LogP contribution in [0.1, 0.15) is 16.9 Å². The number of aliphatic hydroxyl groups is 1. The van der Waals surface area contributed by atoms with E-state index in [1.165, 1.54) is 16.0 Å². The molecular formula is C14H17N3OS. The molecule has 3 N–H and O–H groups in total. The highest BCUT2D eigenvalue weighted by Gasteiger charge is 2.16. The molecule has 5 heteroatoms. The summed E-state index contributed by atoms with van der Waals surface area (Å²) in [4.78, 5) is 7.05. The van der Waals surface area contributed by atoms with Gasteiger partial charge in [-0.1, -0.05) is 12.2 Å². The lowest BCUT2D eigenvalue weighted by atomic mass is 10.1. The van der Waals surface area contributed by atoms with E-state index in [-0.39, 0.29) is 6.61 Å². The van der Waals surface area contributed by atoms with E-state index < -0.39 is 0 Å². The zero-order chi connectivity index (χ0) is 13.2. The molecule has 3 rings (SSSR count). The Morgan fingerprint density at radius 2 is 2.42 bits per heavy atom. The van der Waals surface area contributed by atoms with Crippen molar-refractivity contribution >= 4 is 39.1 Å². The molecule has 1 aliphatic rings. The van der Waals surface area contributed by atoms with Gasteiger partial charge < -0.3 is 15.7 Å². The van der Waals surface area contributed by atoms with Gasteiger partial charge in [0.2, 0.25) is 0 Å². The van der Waals surface area contributed by atoms with E-state index >= 15 is 0 Å². The lowest BCUT2D eigenvalue weighted by Gasteiger charge is -2.18. The van der Waals surface area contributed by atoms with Gasteiger partial charge >= 0.3 is 0 Å². The minimum atomic E-state index is 0.198. The third-order valence-corrected chi connectivity index (χ3v) is 4.10. The van der Waals surface area contributed by atoms with Crippen LogP contribution < -0.4 is 10.6 Å². The number of rotatable bonds is 4. The normalized spacial score (nSPS) is 13.4. The number of thiophene rings is 1. The van der Waals surface area contributed by atoms with Crippen molar-refractivity contribution in [3.8, 4) is 0 Å². The van der Waals surface area contributed by atoms with Crippen molar-refractivity contribution in [3.63, 3.8) is 0 Å². The number of aryl methyl sites for hydroxylation is 1. The summed E-state index contributed by atoms with van der Waals surface area (Å²) in [7, 11) is 0. The third-order valence-electron chi connectivity index (χ3n) is 3.15. The number of aliphatic hydroxyl groups excluding tert-OH is 1. The first-order valence-electron chi connectivity index (χ1n) is 6.49. The topological polar surface area (TPSA) is 57.2 Å². The molecule has 0 bridgehead atoms. The van der Waals surface area contributed by atoms with Gasteiger partial charge in [-0.15, -0.1) is 11.3 Å². The summed E-state index contributed by atoms with van der Waals surface area (Å²) in [5, 5.41) is 16.8. The van der Waals surface area contributed by atoms with Gasteiger partial charge in [-0.05, 0) is 19.4 Å². The summed E-state index contributed by atoms with van der Waals surface area (Å²) >= 11 is 1.71. The SMILES string of the molecule is Cc1cc2c3c(c(NCCCO)nc2s1)C=CCN3. The number of hydrogen-bond donors (Lipinski definition) is 3. The average molecular weight is 275 g/mol. The van der Waals surface area contributed by atoms with Crippen molar-refractivity contribution in [2.75, 3.05) is 30.3 Å². The van der Waals surface area contributed by atoms with Gasteiger partial charge in [0.25, 0.3) is 0 Å². The molecule has 0 aliphatic carbocycles. The quantitative estimate of drug-likeness (QED) is 0.751. The number of hydrogen-bond acceptors (Lipinski definition) is 5. The van der Waals surface area contributed by atoms with Crippen LogP contribution in [0.3, 0.4) is 0 Å². The predicted octanol–water partition coefficient (Wildman–Crippen LogP) is 2.84. The Morgan fingerprint density at radius 1 is 1.53 bits per heavy atom. The Hall–Kier alpha value is -1.59. The monoisotopic (exact) mass is 275 g/mol. The maximum absolute atomic E-state index is 8.87. The van der Waals surface area contributed by atoms with Crippen molar-refractivity contribution < 1.29 is 5.11 Å². The number of nitrogens with one attached hydrogen (secondary N) is 2. The van der Waals surface area contributed by atoms with Gasteiger partial charge in [-0.25, -0.2) is 4.98 Å². The van der Waals surface area contributed by atoms with Crippen LogP contribution in [0, 0.1) is 6.92 Å². The molecule has 0 aromatic carbocycles. The van der Waals surface area contributed by atoms with Crippen LogP contribution in [-0.4, -0.2) is 29.8 Å². The molecule has 3 heterocycles. The van der Waals surface area contributed by atoms with Crippen LogP contribution in [0.5, 0.6) is 0 Å². The van der Waals surface area contributed by atoms with E-state index in [0.29, 0.717) is 0 Å². The standard InChI is InChI=1S/C14H17N3OS/c1-9-8-11-12-10(4-2-5-15-12)13(16-6-3-7-18)17-14(11)19-9/h2,4,8,15,18H,3,5-7H2,1H3,(H,16,17). The number of aromatic nitrogens is 1. The molecule has 0 atom stereocenters. The zero-order valence-electron chi connectivity index (χ0n) is 10.9. The summed E-state index contributed by atoms with van der Waals surface area (Å²) in [6.07, 6.45) is 4.95. The molecule has 0 amide bonds. The van der Waals surface area contributed by atoms with Gasteiger partial charge in [0.05, 0.1) is 5.69 Å². The summed E-state index contributed by atoms with van der Waals surface area (Å²) in [5.41, 5.74) is 2.29. The molecule has 100 valence electrons. The van der Waals surface area contributed by atoms with E-state index in [1.807, 2.05) is 0 Å². The molecule has 2 aromatic heterocycles. The lowest BCUT2D eigenvalue weighted by Crippen LogP contribution is -2.11. The Labute approximate surface area is 116 Å². The molecule has 0 radical (unpaired) electrons. The first-order valence-corrected chi connectivity index (χ1v) is 7.30. The summed E-state index contributed by atoms with van der Waals surface area (Å²) in [5.74, 6) is 0.904. The van der Waals surface area contributed by atoms with Crippen LogP contribution in [0.15, 0.2) is 12.1 Å². The van der Waals surface area contributed by atoms with Crippen LogP contribution in [-0.2, 0) is 0 Å². The van der Waals surface area contributed by atoms with Gasteiger partial charge in [0, 0.05) is 35.5 Å². The predicted molar refractivity (Wildman–Crippen MR) is 82.1 cm³/mol. The molecule has 0 saturated heterocycles. The van der Waals surface area contributed by atoms with E-state index in [9.17, 15) is 0 Å². The molecule has 0 unspecified atom stereocenters. The second-order valence-corrected chi connectivity index (χ2v) is 5.85. The van der Waals surface area contributed by atoms with Crippen molar-refractivity contribution in [2.45, 2.75) is 13.3 Å². The third kappa shape index (κ3) is 2.31. The highest BCUT2D eigenvalue weighted by molar-refractivity contribution is 7.18. The molecule has 1 aliphatic heterocycles. The van der Waals surface area contributed by atoms with Gasteiger partial charge in [0.15, 0.2) is 0 Å². The number of anilines is 2. The van der Waals surface area contributed by atoms with E-state index in [1.54, 1.807) is 11.3 Å². The maximum Gasteiger partial charge on any atom is 0.137 e. The highest BCUT2D eigenvalue weighted by atomic mass is 32.1. The number of fused-ring (bicyclic) bond motifs is 3. The Bertz CT molecular complexity index is 633. The number of pyridine rings is 1. The summed E-state index contributed by atoms with van der Waals surface area (Å²) in [6, 6.07) is 2.19. The maximum atomic E-state index is 8.87. The van der Waals surface area contributed by atoms with Crippen molar-refractivity contribution in [2.24, 2.45) is 0 Å². The smallest absolute Gasteiger partial charge is 0.137 e. The second kappa shape index (κ2) is 5.19. The molecule has 2 aromatic rings. The van der Waals surface area contributed by atoms with Crippen LogP contribution in [0.4, 0.5) is 11.5 Å². The lowest BCUT2D eigenvalue weighted by molar-refractivity contribution is 0.292. The van der Waals surface area contributed by atoms with E-state index in [0.717, 1.165) is 35.7 Å². The van der Waals surface area contributed by atoms with Crippen molar-refractivity contribution in [1.29, 1.82) is 0 Å². The second-order valence-electron chi connectivity index (χ2n) is 4.61. The summed E-state index contributed by atoms with van der Waals surface area (Å²) < 4.78 is 0. The van der Waals surface area contributed by atoms with Crippen molar-refractivity contribution in [1.82, 2.24) is 4.98 Å². The Balaban J connectivity index is 2.08. The largest absolute Gasteiger partial charge is 0.396 e. The fraction of sp³-hybridized carbons (Fsp3) is 0.357. The molecular weight excluding hydrogens is 258 g/mol. The zero-order valence-corrected chi connectivity index (χ0v) is 11.7. The molecule has 0 fully saturated rings. The van der Waals surface area contributed by atoms with E-state index in [2.05, 4.69) is 35.8 Å². The molecule has 4 nitrogen and oxygen atoms in total. The van der Waals surface area contributed by atoms with Crippen LogP contribution >= 0.6 is 11.3 Å². The Kier molecular flexibility index (Phi) is 3.40. The Morgan fingerprint density at radius 3 is 3.26 bits per heavy atom. The van der Waals surface area contributed by atoms with Crippen molar-refractivity contribution in [3.05, 3.63) is 22.6 Å². The molecule has 19 heavy (non-hydrogen) atoms. The van der Waals surface area contributed by atoms with Gasteiger partial charge in [-0.3, -0.25) is 0 Å². The first kappa shape index (κ1) is 12.4. The molecule has 0 spiro atoms. The van der Waals surface area contributed by atoms with Crippen LogP contribution in [0.2, 0.25) is 0 Å². The minimum Gasteiger partial charge on any atom is -0.396 e. The minimum absolute atomic E-state index is 0.198. The van der Waals surface area contributed by atoms with Gasteiger partial charge in [-0.2, -0.15) is 0 Å². The van der Waals surface area contributed by atoms with E-state index in [4.69, 9.17) is 10.1 Å². The fourth-order valence-corrected chi connectivity index (χ4v) is 3.19. The fourth-order valence-electron chi connectivity index (χ4n) is 2.30. The number of nitrogens with zero attached hydrogens (tertiary/aromatic N) is 1.